The Morgan fingerprint density at radius 2 is 2.04 bits per heavy atom. The maximum atomic E-state index is 12.3. The number of carbonyl (C=O) groups is 2. The Kier molecular flexibility index (Phi) is 5.23. The molecular formula is C19H17ClN2O4. The number of para-hydroxylation sites is 1. The van der Waals surface area contributed by atoms with Crippen LogP contribution in [0.2, 0.25) is 5.02 Å². The maximum absolute atomic E-state index is 12.3. The summed E-state index contributed by atoms with van der Waals surface area (Å²) in [6, 6.07) is 12.4. The molecule has 1 heterocycles. The summed E-state index contributed by atoms with van der Waals surface area (Å²) < 4.78 is 10.4. The van der Waals surface area contributed by atoms with Crippen LogP contribution in [0.4, 0.5) is 5.69 Å². The second kappa shape index (κ2) is 7.58. The number of hydrogen-bond donors (Lipinski definition) is 1. The minimum atomic E-state index is -0.959. The monoisotopic (exact) mass is 372 g/mol. The van der Waals surface area contributed by atoms with E-state index in [9.17, 15) is 9.59 Å². The molecule has 1 N–H and O–H groups in total. The molecule has 26 heavy (non-hydrogen) atoms. The maximum Gasteiger partial charge on any atom is 0.312 e. The molecule has 3 rings (SSSR count). The Hall–Kier alpha value is -2.86. The minimum absolute atomic E-state index is 0.0785. The third kappa shape index (κ3) is 4.03. The number of nitrogens with zero attached hydrogens (tertiary/aromatic N) is 1. The lowest BCUT2D eigenvalue weighted by atomic mass is 10.2. The molecule has 0 fully saturated rings. The highest BCUT2D eigenvalue weighted by Crippen LogP contribution is 2.21. The normalized spacial score (nSPS) is 12.0. The van der Waals surface area contributed by atoms with Crippen LogP contribution in [-0.2, 0) is 20.7 Å². The van der Waals surface area contributed by atoms with E-state index in [0.717, 1.165) is 10.9 Å². The summed E-state index contributed by atoms with van der Waals surface area (Å²) in [4.78, 5) is 24.4. The number of rotatable bonds is 5. The number of carbonyl (C=O) groups excluding carboxylic acids is 2. The quantitative estimate of drug-likeness (QED) is 0.687. The van der Waals surface area contributed by atoms with Crippen LogP contribution in [0.25, 0.3) is 11.0 Å². The molecule has 1 amide bonds. The number of ether oxygens (including phenoxy) is 1. The molecule has 1 atom stereocenters. The van der Waals surface area contributed by atoms with Gasteiger partial charge in [-0.3, -0.25) is 9.59 Å². The highest BCUT2D eigenvalue weighted by atomic mass is 35.5. The van der Waals surface area contributed by atoms with Crippen LogP contribution in [0.5, 0.6) is 0 Å². The van der Waals surface area contributed by atoms with Crippen molar-refractivity contribution in [1.29, 1.82) is 0 Å². The molecule has 6 nitrogen and oxygen atoms in total. The first-order chi connectivity index (χ1) is 12.4. The first kappa shape index (κ1) is 17.9. The third-order valence-corrected chi connectivity index (χ3v) is 4.13. The van der Waals surface area contributed by atoms with E-state index in [-0.39, 0.29) is 6.42 Å². The van der Waals surface area contributed by atoms with Crippen LogP contribution in [0, 0.1) is 6.92 Å². The van der Waals surface area contributed by atoms with Crippen molar-refractivity contribution >= 4 is 40.1 Å². The van der Waals surface area contributed by atoms with Gasteiger partial charge in [-0.25, -0.2) is 0 Å². The second-order valence-electron chi connectivity index (χ2n) is 5.88. The first-order valence-corrected chi connectivity index (χ1v) is 8.41. The van der Waals surface area contributed by atoms with Crippen molar-refractivity contribution in [1.82, 2.24) is 5.16 Å². The van der Waals surface area contributed by atoms with Crippen LogP contribution < -0.4 is 5.32 Å². The highest BCUT2D eigenvalue weighted by Gasteiger charge is 2.20. The molecule has 0 unspecified atom stereocenters. The molecule has 0 spiro atoms. The first-order valence-electron chi connectivity index (χ1n) is 8.04. The number of amides is 1. The summed E-state index contributed by atoms with van der Waals surface area (Å²) in [5, 5.41) is 7.85. The van der Waals surface area contributed by atoms with Crippen molar-refractivity contribution < 1.29 is 18.8 Å². The SMILES string of the molecule is Cc1ccc(Cl)cc1NC(=O)[C@@H](C)OC(=O)Cc1noc2ccccc12. The third-order valence-electron chi connectivity index (χ3n) is 3.90. The van der Waals surface area contributed by atoms with Gasteiger partial charge in [0.25, 0.3) is 5.91 Å². The number of fused-ring (bicyclic) bond motifs is 1. The molecule has 134 valence electrons. The smallest absolute Gasteiger partial charge is 0.312 e. The van der Waals surface area contributed by atoms with Gasteiger partial charge in [0.1, 0.15) is 5.69 Å². The fourth-order valence-corrected chi connectivity index (χ4v) is 2.63. The van der Waals surface area contributed by atoms with Gasteiger partial charge in [0, 0.05) is 16.1 Å². The number of halogens is 1. The topological polar surface area (TPSA) is 81.4 Å². The average molecular weight is 373 g/mol. The van der Waals surface area contributed by atoms with E-state index < -0.39 is 18.0 Å². The van der Waals surface area contributed by atoms with Gasteiger partial charge >= 0.3 is 5.97 Å². The molecule has 3 aromatic rings. The van der Waals surface area contributed by atoms with Crippen LogP contribution in [0.3, 0.4) is 0 Å². The number of nitrogens with one attached hydrogen (secondary N) is 1. The summed E-state index contributed by atoms with van der Waals surface area (Å²) >= 11 is 5.94. The number of esters is 1. The molecule has 0 aliphatic heterocycles. The number of aryl methyl sites for hydroxylation is 1. The van der Waals surface area contributed by atoms with Crippen LogP contribution in [0.15, 0.2) is 47.0 Å². The fraction of sp³-hybridized carbons (Fsp3) is 0.211. The van der Waals surface area contributed by atoms with E-state index in [1.807, 2.05) is 25.1 Å². The lowest BCUT2D eigenvalue weighted by Gasteiger charge is -2.14. The zero-order valence-corrected chi connectivity index (χ0v) is 15.0. The van der Waals surface area contributed by atoms with Crippen molar-refractivity contribution in [2.45, 2.75) is 26.4 Å². The zero-order valence-electron chi connectivity index (χ0n) is 14.3. The van der Waals surface area contributed by atoms with E-state index in [1.165, 1.54) is 6.92 Å². The zero-order chi connectivity index (χ0) is 18.7. The van der Waals surface area contributed by atoms with Gasteiger partial charge in [-0.15, -0.1) is 0 Å². The molecule has 0 aliphatic carbocycles. The summed E-state index contributed by atoms with van der Waals surface area (Å²) in [5.41, 5.74) is 2.50. The minimum Gasteiger partial charge on any atom is -0.452 e. The van der Waals surface area contributed by atoms with Crippen molar-refractivity contribution in [2.75, 3.05) is 5.32 Å². The average Bonchev–Trinajstić information content (AvgIpc) is 3.01. The van der Waals surface area contributed by atoms with E-state index in [2.05, 4.69) is 10.5 Å². The summed E-state index contributed by atoms with van der Waals surface area (Å²) in [5.74, 6) is -0.997. The van der Waals surface area contributed by atoms with Crippen molar-refractivity contribution in [3.05, 3.63) is 58.7 Å². The molecular weight excluding hydrogens is 356 g/mol. The van der Waals surface area contributed by atoms with E-state index >= 15 is 0 Å². The molecule has 0 aliphatic rings. The van der Waals surface area contributed by atoms with E-state index in [1.54, 1.807) is 24.3 Å². The fourth-order valence-electron chi connectivity index (χ4n) is 2.46. The van der Waals surface area contributed by atoms with Gasteiger partial charge < -0.3 is 14.6 Å². The Morgan fingerprint density at radius 1 is 1.27 bits per heavy atom. The second-order valence-corrected chi connectivity index (χ2v) is 6.32. The van der Waals surface area contributed by atoms with E-state index in [0.29, 0.717) is 22.0 Å². The molecule has 0 saturated carbocycles. The van der Waals surface area contributed by atoms with Gasteiger partial charge in [0.05, 0.1) is 6.42 Å². The van der Waals surface area contributed by atoms with Gasteiger partial charge in [-0.2, -0.15) is 0 Å². The number of hydrogen-bond acceptors (Lipinski definition) is 5. The summed E-state index contributed by atoms with van der Waals surface area (Å²) in [6.07, 6.45) is -1.04. The van der Waals surface area contributed by atoms with Crippen molar-refractivity contribution in [3.8, 4) is 0 Å². The Balaban J connectivity index is 1.61. The van der Waals surface area contributed by atoms with Crippen LogP contribution in [0.1, 0.15) is 18.2 Å². The van der Waals surface area contributed by atoms with Crippen molar-refractivity contribution in [3.63, 3.8) is 0 Å². The lowest BCUT2D eigenvalue weighted by molar-refractivity contribution is -0.152. The summed E-state index contributed by atoms with van der Waals surface area (Å²) in [6.45, 7) is 3.35. The summed E-state index contributed by atoms with van der Waals surface area (Å²) in [7, 11) is 0. The Labute approximate surface area is 155 Å². The molecule has 7 heteroatoms. The number of aromatic nitrogens is 1. The molecule has 0 saturated heterocycles. The van der Waals surface area contributed by atoms with Gasteiger partial charge in [0.15, 0.2) is 11.7 Å². The van der Waals surface area contributed by atoms with Crippen LogP contribution in [-0.4, -0.2) is 23.1 Å². The Bertz CT molecular complexity index is 967. The molecule has 0 bridgehead atoms. The van der Waals surface area contributed by atoms with Gasteiger partial charge in [0.2, 0.25) is 0 Å². The molecule has 1 aromatic heterocycles. The predicted octanol–water partition coefficient (Wildman–Crippen LogP) is 3.90. The van der Waals surface area contributed by atoms with Crippen LogP contribution >= 0.6 is 11.6 Å². The number of anilines is 1. The largest absolute Gasteiger partial charge is 0.452 e. The predicted molar refractivity (Wildman–Crippen MR) is 98.1 cm³/mol. The standard InChI is InChI=1S/C19H17ClN2O4/c1-11-7-8-13(20)9-15(11)21-19(24)12(2)25-18(23)10-16-14-5-3-4-6-17(14)26-22-16/h3-9,12H,10H2,1-2H3,(H,21,24)/t12-/m1/s1. The number of benzene rings is 2. The lowest BCUT2D eigenvalue weighted by Crippen LogP contribution is -2.30. The molecule has 2 aromatic carbocycles. The van der Waals surface area contributed by atoms with E-state index in [4.69, 9.17) is 20.9 Å². The molecule has 0 radical (unpaired) electrons. The Morgan fingerprint density at radius 3 is 2.85 bits per heavy atom. The highest BCUT2D eigenvalue weighted by molar-refractivity contribution is 6.31. The van der Waals surface area contributed by atoms with Crippen molar-refractivity contribution in [2.24, 2.45) is 0 Å². The van der Waals surface area contributed by atoms with Gasteiger partial charge in [-0.05, 0) is 43.7 Å². The van der Waals surface area contributed by atoms with Gasteiger partial charge in [-0.1, -0.05) is 35.0 Å².